The molecule has 0 bridgehead atoms. The van der Waals surface area contributed by atoms with Crippen LogP contribution in [0.25, 0.3) is 0 Å². The molecule has 1 unspecified atom stereocenters. The van der Waals surface area contributed by atoms with E-state index in [4.69, 9.17) is 11.6 Å². The summed E-state index contributed by atoms with van der Waals surface area (Å²) in [5.74, 6) is -1.57. The van der Waals surface area contributed by atoms with Gasteiger partial charge in [-0.05, 0) is 49.1 Å². The first-order valence-electron chi connectivity index (χ1n) is 11.2. The molecule has 2 amide bonds. The van der Waals surface area contributed by atoms with E-state index in [-0.39, 0.29) is 41.3 Å². The van der Waals surface area contributed by atoms with Crippen LogP contribution in [-0.4, -0.2) is 28.8 Å². The summed E-state index contributed by atoms with van der Waals surface area (Å²) in [4.78, 5) is 27.9. The van der Waals surface area contributed by atoms with Crippen LogP contribution in [0.1, 0.15) is 56.6 Å². The van der Waals surface area contributed by atoms with E-state index < -0.39 is 17.8 Å². The van der Waals surface area contributed by atoms with Gasteiger partial charge in [-0.15, -0.1) is 0 Å². The minimum Gasteiger partial charge on any atom is -0.352 e. The third-order valence-corrected chi connectivity index (χ3v) is 6.35. The molecule has 0 radical (unpaired) electrons. The van der Waals surface area contributed by atoms with E-state index in [0.29, 0.717) is 12.0 Å². The van der Waals surface area contributed by atoms with Crippen LogP contribution in [0, 0.1) is 11.6 Å². The van der Waals surface area contributed by atoms with Crippen molar-refractivity contribution in [1.82, 2.24) is 10.2 Å². The van der Waals surface area contributed by atoms with Crippen LogP contribution < -0.4 is 5.32 Å². The summed E-state index contributed by atoms with van der Waals surface area (Å²) in [6, 6.07) is 9.44. The highest BCUT2D eigenvalue weighted by Gasteiger charge is 2.31. The lowest BCUT2D eigenvalue weighted by Gasteiger charge is -2.33. The van der Waals surface area contributed by atoms with Crippen LogP contribution in [0.2, 0.25) is 5.02 Å². The summed E-state index contributed by atoms with van der Waals surface area (Å²) in [7, 11) is 0. The maximum absolute atomic E-state index is 14.3. The Hall–Kier alpha value is -2.47. The lowest BCUT2D eigenvalue weighted by molar-refractivity contribution is -0.141. The van der Waals surface area contributed by atoms with Gasteiger partial charge in [-0.3, -0.25) is 9.59 Å². The molecule has 32 heavy (non-hydrogen) atoms. The Kier molecular flexibility index (Phi) is 8.62. The molecule has 1 atom stereocenters. The van der Waals surface area contributed by atoms with E-state index in [1.807, 2.05) is 6.92 Å². The number of benzene rings is 2. The van der Waals surface area contributed by atoms with Crippen molar-refractivity contribution in [1.29, 1.82) is 0 Å². The van der Waals surface area contributed by atoms with E-state index in [1.54, 1.807) is 12.1 Å². The van der Waals surface area contributed by atoms with Crippen LogP contribution in [0.3, 0.4) is 0 Å². The fourth-order valence-corrected chi connectivity index (χ4v) is 4.43. The number of nitrogens with one attached hydrogen (secondary N) is 1. The third-order valence-electron chi connectivity index (χ3n) is 5.99. The molecule has 7 heteroatoms. The smallest absolute Gasteiger partial charge is 0.243 e. The predicted molar refractivity (Wildman–Crippen MR) is 121 cm³/mol. The van der Waals surface area contributed by atoms with Gasteiger partial charge in [0.25, 0.3) is 0 Å². The van der Waals surface area contributed by atoms with E-state index in [9.17, 15) is 18.4 Å². The van der Waals surface area contributed by atoms with Gasteiger partial charge in [0, 0.05) is 23.2 Å². The molecule has 1 N–H and O–H groups in total. The Morgan fingerprint density at radius 2 is 1.78 bits per heavy atom. The van der Waals surface area contributed by atoms with Gasteiger partial charge in [-0.25, -0.2) is 8.78 Å². The van der Waals surface area contributed by atoms with E-state index in [2.05, 4.69) is 5.32 Å². The zero-order valence-corrected chi connectivity index (χ0v) is 19.0. The monoisotopic (exact) mass is 462 g/mol. The summed E-state index contributed by atoms with van der Waals surface area (Å²) < 4.78 is 27.7. The molecule has 172 valence electrons. The zero-order valence-electron chi connectivity index (χ0n) is 18.3. The molecule has 4 nitrogen and oxygen atoms in total. The highest BCUT2D eigenvalue weighted by molar-refractivity contribution is 6.31. The van der Waals surface area contributed by atoms with Crippen molar-refractivity contribution >= 4 is 23.4 Å². The number of amides is 2. The van der Waals surface area contributed by atoms with Gasteiger partial charge in [0.05, 0.1) is 6.42 Å². The highest BCUT2D eigenvalue weighted by atomic mass is 35.5. The summed E-state index contributed by atoms with van der Waals surface area (Å²) in [6.07, 6.45) is 5.31. The van der Waals surface area contributed by atoms with Crippen molar-refractivity contribution < 1.29 is 18.4 Å². The first-order valence-corrected chi connectivity index (χ1v) is 11.5. The Labute approximate surface area is 192 Å². The first-order chi connectivity index (χ1) is 15.4. The fourth-order valence-electron chi connectivity index (χ4n) is 4.20. The number of nitrogens with zero attached hydrogens (tertiary/aromatic N) is 1. The van der Waals surface area contributed by atoms with Crippen molar-refractivity contribution in [2.24, 2.45) is 0 Å². The minimum absolute atomic E-state index is 0.103. The highest BCUT2D eigenvalue weighted by Crippen LogP contribution is 2.23. The van der Waals surface area contributed by atoms with Gasteiger partial charge in [0.2, 0.25) is 11.8 Å². The zero-order chi connectivity index (χ0) is 23.1. The van der Waals surface area contributed by atoms with Crippen molar-refractivity contribution in [3.63, 3.8) is 0 Å². The molecule has 0 saturated heterocycles. The second-order valence-corrected chi connectivity index (χ2v) is 8.70. The van der Waals surface area contributed by atoms with Crippen LogP contribution in [0.15, 0.2) is 42.5 Å². The quantitative estimate of drug-likeness (QED) is 0.569. The van der Waals surface area contributed by atoms with Crippen molar-refractivity contribution in [2.45, 2.75) is 70.5 Å². The largest absolute Gasteiger partial charge is 0.352 e. The van der Waals surface area contributed by atoms with Gasteiger partial charge in [-0.2, -0.15) is 0 Å². The molecule has 0 aliphatic heterocycles. The molecule has 2 aromatic rings. The Morgan fingerprint density at radius 3 is 2.41 bits per heavy atom. The van der Waals surface area contributed by atoms with Crippen LogP contribution in [0.5, 0.6) is 0 Å². The average molecular weight is 463 g/mol. The maximum Gasteiger partial charge on any atom is 0.243 e. The molecule has 3 rings (SSSR count). The summed E-state index contributed by atoms with van der Waals surface area (Å²) in [6.45, 7) is 1.95. The van der Waals surface area contributed by atoms with Gasteiger partial charge in [0.1, 0.15) is 17.7 Å². The van der Waals surface area contributed by atoms with Crippen molar-refractivity contribution in [3.8, 4) is 0 Å². The Bertz CT molecular complexity index is 910. The molecule has 1 saturated carbocycles. The number of hydrogen-bond acceptors (Lipinski definition) is 2. The number of carbonyl (C=O) groups excluding carboxylic acids is 2. The normalized spacial score (nSPS) is 15.2. The predicted octanol–water partition coefficient (Wildman–Crippen LogP) is 5.42. The molecule has 0 heterocycles. The standard InChI is InChI=1S/C25H29ClF2N2O2/c1-2-23(25(32)29-19-7-4-3-5-8-19)30(16-17-11-13-18(27)14-12-17)24(31)15-20-21(26)9-6-10-22(20)28/h6,9-14,19,23H,2-5,7-8,15-16H2,1H3,(H,29,32). The summed E-state index contributed by atoms with van der Waals surface area (Å²) >= 11 is 6.13. The molecular weight excluding hydrogens is 434 g/mol. The molecule has 0 aromatic heterocycles. The van der Waals surface area contributed by atoms with Crippen molar-refractivity contribution in [3.05, 3.63) is 70.2 Å². The lowest BCUT2D eigenvalue weighted by atomic mass is 9.95. The van der Waals surface area contributed by atoms with E-state index >= 15 is 0 Å². The SMILES string of the molecule is CCC(C(=O)NC1CCCCC1)N(Cc1ccc(F)cc1)C(=O)Cc1c(F)cccc1Cl. The van der Waals surface area contributed by atoms with Gasteiger partial charge >= 0.3 is 0 Å². The number of rotatable bonds is 8. The molecule has 1 aliphatic rings. The third kappa shape index (κ3) is 6.28. The Morgan fingerprint density at radius 1 is 1.09 bits per heavy atom. The average Bonchev–Trinajstić information content (AvgIpc) is 2.78. The summed E-state index contributed by atoms with van der Waals surface area (Å²) in [5, 5.41) is 3.26. The number of carbonyl (C=O) groups is 2. The van der Waals surface area contributed by atoms with E-state index in [0.717, 1.165) is 25.7 Å². The van der Waals surface area contributed by atoms with Crippen LogP contribution in [-0.2, 0) is 22.6 Å². The van der Waals surface area contributed by atoms with Crippen LogP contribution in [0.4, 0.5) is 8.78 Å². The van der Waals surface area contributed by atoms with Gasteiger partial charge < -0.3 is 10.2 Å². The van der Waals surface area contributed by atoms with Gasteiger partial charge in [-0.1, -0.05) is 56.0 Å². The second-order valence-electron chi connectivity index (χ2n) is 8.29. The fraction of sp³-hybridized carbons (Fsp3) is 0.440. The molecule has 2 aromatic carbocycles. The van der Waals surface area contributed by atoms with E-state index in [1.165, 1.54) is 41.7 Å². The second kappa shape index (κ2) is 11.4. The minimum atomic E-state index is -0.722. The maximum atomic E-state index is 14.3. The van der Waals surface area contributed by atoms with Crippen LogP contribution >= 0.6 is 11.6 Å². The topological polar surface area (TPSA) is 49.4 Å². The van der Waals surface area contributed by atoms with Crippen molar-refractivity contribution in [2.75, 3.05) is 0 Å². The lowest BCUT2D eigenvalue weighted by Crippen LogP contribution is -2.52. The first kappa shape index (κ1) is 24.2. The molecule has 1 aliphatic carbocycles. The molecule has 1 fully saturated rings. The Balaban J connectivity index is 1.84. The number of hydrogen-bond donors (Lipinski definition) is 1. The van der Waals surface area contributed by atoms with Gasteiger partial charge in [0.15, 0.2) is 0 Å². The summed E-state index contributed by atoms with van der Waals surface area (Å²) in [5.41, 5.74) is 0.786. The number of halogens is 3. The molecule has 0 spiro atoms. The molecular formula is C25H29ClF2N2O2.